The first-order valence-corrected chi connectivity index (χ1v) is 8.56. The zero-order chi connectivity index (χ0) is 15.7. The summed E-state index contributed by atoms with van der Waals surface area (Å²) in [6.07, 6.45) is 6.15. The van der Waals surface area contributed by atoms with E-state index in [0.717, 1.165) is 45.1 Å². The molecule has 2 fully saturated rings. The van der Waals surface area contributed by atoms with Crippen molar-refractivity contribution < 1.29 is 9.26 Å². The van der Waals surface area contributed by atoms with Gasteiger partial charge in [0.25, 0.3) is 0 Å². The molecule has 2 atom stereocenters. The van der Waals surface area contributed by atoms with Crippen molar-refractivity contribution in [3.05, 3.63) is 47.6 Å². The fourth-order valence-corrected chi connectivity index (χ4v) is 3.82. The second kappa shape index (κ2) is 6.06. The molecule has 1 aromatic carbocycles. The van der Waals surface area contributed by atoms with E-state index in [0.29, 0.717) is 11.7 Å². The highest BCUT2D eigenvalue weighted by atomic mass is 16.5. The van der Waals surface area contributed by atoms with Gasteiger partial charge in [0.1, 0.15) is 0 Å². The molecule has 0 bridgehead atoms. The Balaban J connectivity index is 1.62. The molecule has 5 heteroatoms. The van der Waals surface area contributed by atoms with E-state index in [1.54, 1.807) is 0 Å². The molecule has 2 unspecified atom stereocenters. The van der Waals surface area contributed by atoms with Gasteiger partial charge in [-0.15, -0.1) is 0 Å². The van der Waals surface area contributed by atoms with Crippen LogP contribution in [0.5, 0.6) is 0 Å². The van der Waals surface area contributed by atoms with E-state index in [2.05, 4.69) is 22.3 Å². The second-order valence-corrected chi connectivity index (χ2v) is 6.77. The van der Waals surface area contributed by atoms with Crippen LogP contribution in [0, 0.1) is 0 Å². The van der Waals surface area contributed by atoms with Gasteiger partial charge in [-0.2, -0.15) is 4.98 Å². The summed E-state index contributed by atoms with van der Waals surface area (Å²) in [5.74, 6) is 1.45. The van der Waals surface area contributed by atoms with Crippen LogP contribution in [0.3, 0.4) is 0 Å². The quantitative estimate of drug-likeness (QED) is 0.939. The molecule has 2 aliphatic rings. The first kappa shape index (κ1) is 14.8. The van der Waals surface area contributed by atoms with Crippen molar-refractivity contribution in [1.29, 1.82) is 0 Å². The highest BCUT2D eigenvalue weighted by molar-refractivity contribution is 5.22. The van der Waals surface area contributed by atoms with Crippen molar-refractivity contribution in [2.45, 2.75) is 56.1 Å². The van der Waals surface area contributed by atoms with E-state index in [4.69, 9.17) is 15.0 Å². The van der Waals surface area contributed by atoms with Crippen LogP contribution in [-0.4, -0.2) is 16.7 Å². The standard InChI is InChI=1S/C18H23N3O2/c19-18(10-4-5-11-18)17-20-16(23-21-17)14-9-6-12-22-15(14)13-7-2-1-3-8-13/h1-3,7-8,14-15H,4-6,9-12,19H2. The van der Waals surface area contributed by atoms with Crippen molar-refractivity contribution in [3.8, 4) is 0 Å². The van der Waals surface area contributed by atoms with Gasteiger partial charge in [0.2, 0.25) is 5.89 Å². The van der Waals surface area contributed by atoms with E-state index in [-0.39, 0.29) is 12.0 Å². The van der Waals surface area contributed by atoms with Crippen LogP contribution in [0.2, 0.25) is 0 Å². The Morgan fingerprint density at radius 2 is 1.87 bits per heavy atom. The lowest BCUT2D eigenvalue weighted by Crippen LogP contribution is -2.34. The highest BCUT2D eigenvalue weighted by Crippen LogP contribution is 2.41. The number of nitrogens with two attached hydrogens (primary N) is 1. The highest BCUT2D eigenvalue weighted by Gasteiger charge is 2.38. The number of hydrogen-bond acceptors (Lipinski definition) is 5. The van der Waals surface area contributed by atoms with Gasteiger partial charge in [-0.3, -0.25) is 0 Å². The lowest BCUT2D eigenvalue weighted by molar-refractivity contribution is -0.0103. The molecular formula is C18H23N3O2. The number of aromatic nitrogens is 2. The molecule has 2 heterocycles. The Bertz CT molecular complexity index is 649. The third kappa shape index (κ3) is 2.79. The number of nitrogens with zero attached hydrogens (tertiary/aromatic N) is 2. The lowest BCUT2D eigenvalue weighted by atomic mass is 9.89. The number of ether oxygens (including phenoxy) is 1. The van der Waals surface area contributed by atoms with Crippen molar-refractivity contribution >= 4 is 0 Å². The maximum Gasteiger partial charge on any atom is 0.232 e. The van der Waals surface area contributed by atoms with E-state index in [9.17, 15) is 0 Å². The Labute approximate surface area is 136 Å². The predicted molar refractivity (Wildman–Crippen MR) is 85.7 cm³/mol. The molecule has 122 valence electrons. The fourth-order valence-electron chi connectivity index (χ4n) is 3.82. The van der Waals surface area contributed by atoms with E-state index >= 15 is 0 Å². The molecule has 5 nitrogen and oxygen atoms in total. The zero-order valence-electron chi connectivity index (χ0n) is 13.3. The average Bonchev–Trinajstić information content (AvgIpc) is 3.26. The lowest BCUT2D eigenvalue weighted by Gasteiger charge is -2.29. The first-order chi connectivity index (χ1) is 11.3. The van der Waals surface area contributed by atoms with Crippen LogP contribution in [0.1, 0.15) is 67.8 Å². The summed E-state index contributed by atoms with van der Waals surface area (Å²) in [7, 11) is 0. The summed E-state index contributed by atoms with van der Waals surface area (Å²) < 4.78 is 11.6. The maximum absolute atomic E-state index is 6.45. The molecule has 2 aromatic rings. The van der Waals surface area contributed by atoms with E-state index < -0.39 is 5.54 Å². The minimum atomic E-state index is -0.403. The van der Waals surface area contributed by atoms with Crippen molar-refractivity contribution in [1.82, 2.24) is 10.1 Å². The monoisotopic (exact) mass is 313 g/mol. The molecule has 0 amide bonds. The van der Waals surface area contributed by atoms with Gasteiger partial charge in [0.15, 0.2) is 5.82 Å². The van der Waals surface area contributed by atoms with Gasteiger partial charge in [-0.25, -0.2) is 0 Å². The summed E-state index contributed by atoms with van der Waals surface area (Å²) in [4.78, 5) is 4.68. The van der Waals surface area contributed by atoms with Gasteiger partial charge in [0, 0.05) is 6.61 Å². The Morgan fingerprint density at radius 1 is 1.09 bits per heavy atom. The second-order valence-electron chi connectivity index (χ2n) is 6.77. The maximum atomic E-state index is 6.45. The molecule has 0 radical (unpaired) electrons. The SMILES string of the molecule is NC1(c2noc(C3CCCOC3c3ccccc3)n2)CCCC1. The molecule has 1 aliphatic carbocycles. The molecule has 2 N–H and O–H groups in total. The van der Waals surface area contributed by atoms with Gasteiger partial charge in [-0.05, 0) is 31.2 Å². The van der Waals surface area contributed by atoms with Gasteiger partial charge in [0.05, 0.1) is 17.6 Å². The van der Waals surface area contributed by atoms with Crippen LogP contribution < -0.4 is 5.73 Å². The molecule has 1 saturated carbocycles. The average molecular weight is 313 g/mol. The van der Waals surface area contributed by atoms with E-state index in [1.165, 1.54) is 5.56 Å². The summed E-state index contributed by atoms with van der Waals surface area (Å²) in [6.45, 7) is 0.776. The van der Waals surface area contributed by atoms with Crippen LogP contribution in [0.15, 0.2) is 34.9 Å². The normalized spacial score (nSPS) is 27.2. The third-order valence-electron chi connectivity index (χ3n) is 5.15. The minimum absolute atomic E-state index is 0.0180. The smallest absolute Gasteiger partial charge is 0.232 e. The predicted octanol–water partition coefficient (Wildman–Crippen LogP) is 3.43. The largest absolute Gasteiger partial charge is 0.373 e. The van der Waals surface area contributed by atoms with Gasteiger partial charge in [-0.1, -0.05) is 48.3 Å². The number of benzene rings is 1. The summed E-state index contributed by atoms with van der Waals surface area (Å²) in [5.41, 5.74) is 7.22. The topological polar surface area (TPSA) is 74.2 Å². The van der Waals surface area contributed by atoms with Gasteiger partial charge < -0.3 is 15.0 Å². The molecule has 1 saturated heterocycles. The van der Waals surface area contributed by atoms with Gasteiger partial charge >= 0.3 is 0 Å². The first-order valence-electron chi connectivity index (χ1n) is 8.56. The molecule has 4 rings (SSSR count). The molecule has 1 aliphatic heterocycles. The molecule has 0 spiro atoms. The van der Waals surface area contributed by atoms with Crippen molar-refractivity contribution in [2.75, 3.05) is 6.61 Å². The Hall–Kier alpha value is -1.72. The van der Waals surface area contributed by atoms with E-state index in [1.807, 2.05) is 18.2 Å². The number of hydrogen-bond donors (Lipinski definition) is 1. The van der Waals surface area contributed by atoms with Crippen molar-refractivity contribution in [3.63, 3.8) is 0 Å². The van der Waals surface area contributed by atoms with Crippen molar-refractivity contribution in [2.24, 2.45) is 5.73 Å². The van der Waals surface area contributed by atoms with Crippen LogP contribution in [-0.2, 0) is 10.3 Å². The van der Waals surface area contributed by atoms with Crippen LogP contribution in [0.25, 0.3) is 0 Å². The van der Waals surface area contributed by atoms with Crippen LogP contribution in [0.4, 0.5) is 0 Å². The van der Waals surface area contributed by atoms with Crippen LogP contribution >= 0.6 is 0 Å². The number of rotatable bonds is 3. The zero-order valence-corrected chi connectivity index (χ0v) is 13.3. The fraction of sp³-hybridized carbons (Fsp3) is 0.556. The molecular weight excluding hydrogens is 290 g/mol. The Kier molecular flexibility index (Phi) is 3.91. The third-order valence-corrected chi connectivity index (χ3v) is 5.15. The molecule has 1 aromatic heterocycles. The summed E-state index contributed by atoms with van der Waals surface area (Å²) >= 11 is 0. The summed E-state index contributed by atoms with van der Waals surface area (Å²) in [6, 6.07) is 10.3. The Morgan fingerprint density at radius 3 is 2.65 bits per heavy atom. The minimum Gasteiger partial charge on any atom is -0.373 e. The molecule has 23 heavy (non-hydrogen) atoms. The summed E-state index contributed by atoms with van der Waals surface area (Å²) in [5, 5.41) is 4.21.